The molecule has 1 fully saturated rings. The third kappa shape index (κ3) is 2.04. The molecule has 1 saturated carbocycles. The highest BCUT2D eigenvalue weighted by Crippen LogP contribution is 2.17. The summed E-state index contributed by atoms with van der Waals surface area (Å²) in [6.07, 6.45) is 3.40. The quantitative estimate of drug-likeness (QED) is 0.665. The van der Waals surface area contributed by atoms with Gasteiger partial charge in [-0.3, -0.25) is 10.4 Å². The third-order valence-corrected chi connectivity index (χ3v) is 2.39. The highest BCUT2D eigenvalue weighted by atomic mass is 16.2. The summed E-state index contributed by atoms with van der Waals surface area (Å²) in [6.45, 7) is 1.89. The van der Waals surface area contributed by atoms with Gasteiger partial charge in [0.25, 0.3) is 0 Å². The summed E-state index contributed by atoms with van der Waals surface area (Å²) in [5.74, 6) is 0.569. The number of urea groups is 1. The Morgan fingerprint density at radius 2 is 2.43 bits per heavy atom. The Morgan fingerprint density at radius 1 is 1.64 bits per heavy atom. The van der Waals surface area contributed by atoms with Crippen LogP contribution in [0.15, 0.2) is 6.07 Å². The third-order valence-electron chi connectivity index (χ3n) is 2.39. The van der Waals surface area contributed by atoms with Crippen LogP contribution in [-0.2, 0) is 0 Å². The molecule has 0 bridgehead atoms. The van der Waals surface area contributed by atoms with Crippen molar-refractivity contribution < 1.29 is 4.79 Å². The number of carbonyl (C=O) groups is 1. The first-order chi connectivity index (χ1) is 6.74. The van der Waals surface area contributed by atoms with Crippen LogP contribution in [0.4, 0.5) is 10.6 Å². The van der Waals surface area contributed by atoms with Gasteiger partial charge in [0.05, 0.1) is 0 Å². The maximum atomic E-state index is 11.3. The van der Waals surface area contributed by atoms with Crippen LogP contribution in [0, 0.1) is 6.92 Å². The predicted molar refractivity (Wildman–Crippen MR) is 53.1 cm³/mol. The van der Waals surface area contributed by atoms with Crippen molar-refractivity contribution >= 4 is 11.8 Å². The number of H-pyrrole nitrogens is 1. The van der Waals surface area contributed by atoms with Crippen molar-refractivity contribution in [3.8, 4) is 0 Å². The number of hydrogen-bond donors (Lipinski definition) is 3. The number of nitrogens with zero attached hydrogens (tertiary/aromatic N) is 1. The summed E-state index contributed by atoms with van der Waals surface area (Å²) in [6, 6.07) is 1.98. The first-order valence-electron chi connectivity index (χ1n) is 4.83. The average Bonchev–Trinajstić information content (AvgIpc) is 2.44. The zero-order valence-corrected chi connectivity index (χ0v) is 8.13. The summed E-state index contributed by atoms with van der Waals surface area (Å²) in [5.41, 5.74) is 0.934. The van der Waals surface area contributed by atoms with Crippen molar-refractivity contribution in [1.29, 1.82) is 0 Å². The number of anilines is 1. The van der Waals surface area contributed by atoms with Crippen molar-refractivity contribution in [2.24, 2.45) is 0 Å². The van der Waals surface area contributed by atoms with E-state index in [1.807, 2.05) is 6.92 Å². The topological polar surface area (TPSA) is 69.8 Å². The lowest BCUT2D eigenvalue weighted by Crippen LogP contribution is -2.41. The van der Waals surface area contributed by atoms with E-state index in [4.69, 9.17) is 0 Å². The molecule has 0 unspecified atom stereocenters. The standard InChI is InChI=1S/C9H14N4O/c1-6-5-8(13-12-6)11-9(14)10-7-3-2-4-7/h5,7H,2-4H2,1H3,(H3,10,11,12,13,14). The second kappa shape index (κ2) is 3.69. The van der Waals surface area contributed by atoms with E-state index in [9.17, 15) is 4.79 Å². The van der Waals surface area contributed by atoms with Gasteiger partial charge in [-0.2, -0.15) is 5.10 Å². The van der Waals surface area contributed by atoms with Crippen molar-refractivity contribution in [2.45, 2.75) is 32.2 Å². The Kier molecular flexibility index (Phi) is 2.39. The molecule has 1 aliphatic carbocycles. The Hall–Kier alpha value is -1.52. The highest BCUT2D eigenvalue weighted by Gasteiger charge is 2.19. The Balaban J connectivity index is 1.81. The molecular formula is C9H14N4O. The first-order valence-corrected chi connectivity index (χ1v) is 4.83. The van der Waals surface area contributed by atoms with Crippen LogP contribution in [0.2, 0.25) is 0 Å². The van der Waals surface area contributed by atoms with E-state index < -0.39 is 0 Å². The van der Waals surface area contributed by atoms with Crippen molar-refractivity contribution in [3.63, 3.8) is 0 Å². The van der Waals surface area contributed by atoms with Gasteiger partial charge in [-0.25, -0.2) is 4.79 Å². The number of carbonyl (C=O) groups excluding carboxylic acids is 1. The van der Waals surface area contributed by atoms with Gasteiger partial charge in [0, 0.05) is 17.8 Å². The van der Waals surface area contributed by atoms with Crippen LogP contribution in [0.25, 0.3) is 0 Å². The smallest absolute Gasteiger partial charge is 0.320 e. The van der Waals surface area contributed by atoms with E-state index in [0.717, 1.165) is 18.5 Å². The molecule has 0 atom stereocenters. The number of hydrogen-bond acceptors (Lipinski definition) is 2. The molecule has 14 heavy (non-hydrogen) atoms. The van der Waals surface area contributed by atoms with Crippen LogP contribution in [0.5, 0.6) is 0 Å². The van der Waals surface area contributed by atoms with Crippen molar-refractivity contribution in [3.05, 3.63) is 11.8 Å². The molecule has 0 radical (unpaired) electrons. The number of nitrogens with one attached hydrogen (secondary N) is 3. The first kappa shape index (κ1) is 9.05. The highest BCUT2D eigenvalue weighted by molar-refractivity contribution is 5.88. The fourth-order valence-corrected chi connectivity index (χ4v) is 1.37. The van der Waals surface area contributed by atoms with Gasteiger partial charge >= 0.3 is 6.03 Å². The summed E-state index contributed by atoms with van der Waals surface area (Å²) in [7, 11) is 0. The molecule has 1 aromatic rings. The number of rotatable bonds is 2. The molecule has 0 spiro atoms. The molecule has 5 nitrogen and oxygen atoms in total. The normalized spacial score (nSPS) is 16.1. The molecule has 1 aliphatic rings. The minimum atomic E-state index is -0.166. The molecular weight excluding hydrogens is 180 g/mol. The van der Waals surface area contributed by atoms with E-state index in [0.29, 0.717) is 11.9 Å². The van der Waals surface area contributed by atoms with Gasteiger partial charge in [0.15, 0.2) is 5.82 Å². The lowest BCUT2D eigenvalue weighted by Gasteiger charge is -2.26. The Labute approximate surface area is 82.3 Å². The largest absolute Gasteiger partial charge is 0.335 e. The molecule has 1 aromatic heterocycles. The summed E-state index contributed by atoms with van der Waals surface area (Å²) in [5, 5.41) is 12.2. The van der Waals surface area contributed by atoms with E-state index in [1.54, 1.807) is 6.07 Å². The van der Waals surface area contributed by atoms with Crippen molar-refractivity contribution in [1.82, 2.24) is 15.5 Å². The zero-order chi connectivity index (χ0) is 9.97. The number of aromatic amines is 1. The molecule has 2 rings (SSSR count). The Bertz CT molecular complexity index is 329. The summed E-state index contributed by atoms with van der Waals surface area (Å²) >= 11 is 0. The summed E-state index contributed by atoms with van der Waals surface area (Å²) in [4.78, 5) is 11.3. The van der Waals surface area contributed by atoms with Gasteiger partial charge in [0.2, 0.25) is 0 Å². The minimum absolute atomic E-state index is 0.166. The van der Waals surface area contributed by atoms with E-state index in [2.05, 4.69) is 20.8 Å². The fourth-order valence-electron chi connectivity index (χ4n) is 1.37. The number of aryl methyl sites for hydroxylation is 1. The second-order valence-corrected chi connectivity index (χ2v) is 3.66. The average molecular weight is 194 g/mol. The van der Waals surface area contributed by atoms with E-state index >= 15 is 0 Å². The number of aromatic nitrogens is 2. The zero-order valence-electron chi connectivity index (χ0n) is 8.13. The molecule has 76 valence electrons. The fraction of sp³-hybridized carbons (Fsp3) is 0.556. The molecule has 0 aliphatic heterocycles. The molecule has 1 heterocycles. The molecule has 3 N–H and O–H groups in total. The SMILES string of the molecule is Cc1cc(NC(=O)NC2CCC2)n[nH]1. The van der Waals surface area contributed by atoms with Crippen molar-refractivity contribution in [2.75, 3.05) is 5.32 Å². The monoisotopic (exact) mass is 194 g/mol. The molecule has 0 saturated heterocycles. The van der Waals surface area contributed by atoms with Crippen LogP contribution in [-0.4, -0.2) is 22.3 Å². The maximum absolute atomic E-state index is 11.3. The Morgan fingerprint density at radius 3 is 2.93 bits per heavy atom. The minimum Gasteiger partial charge on any atom is -0.335 e. The van der Waals surface area contributed by atoms with Gasteiger partial charge in [-0.05, 0) is 26.2 Å². The lowest BCUT2D eigenvalue weighted by molar-refractivity contribution is 0.240. The summed E-state index contributed by atoms with van der Waals surface area (Å²) < 4.78 is 0. The van der Waals surface area contributed by atoms with Crippen LogP contribution in [0.3, 0.4) is 0 Å². The van der Waals surface area contributed by atoms with Crippen LogP contribution >= 0.6 is 0 Å². The molecule has 5 heteroatoms. The molecule has 2 amide bonds. The van der Waals surface area contributed by atoms with Gasteiger partial charge in [-0.15, -0.1) is 0 Å². The van der Waals surface area contributed by atoms with Crippen LogP contribution < -0.4 is 10.6 Å². The second-order valence-electron chi connectivity index (χ2n) is 3.66. The lowest BCUT2D eigenvalue weighted by atomic mass is 9.93. The van der Waals surface area contributed by atoms with Gasteiger partial charge < -0.3 is 5.32 Å². The van der Waals surface area contributed by atoms with Gasteiger partial charge in [0.1, 0.15) is 0 Å². The van der Waals surface area contributed by atoms with Gasteiger partial charge in [-0.1, -0.05) is 0 Å². The molecule has 0 aromatic carbocycles. The number of amides is 2. The predicted octanol–water partition coefficient (Wildman–Crippen LogP) is 1.39. The van der Waals surface area contributed by atoms with Crippen LogP contribution in [0.1, 0.15) is 25.0 Å². The van der Waals surface area contributed by atoms with E-state index in [1.165, 1.54) is 6.42 Å². The van der Waals surface area contributed by atoms with E-state index in [-0.39, 0.29) is 6.03 Å². The maximum Gasteiger partial charge on any atom is 0.320 e.